The van der Waals surface area contributed by atoms with Crippen molar-refractivity contribution in [2.45, 2.75) is 20.8 Å². The van der Waals surface area contributed by atoms with E-state index >= 15 is 0 Å². The number of hydrogen-bond donors (Lipinski definition) is 1. The molecule has 0 fully saturated rings. The molecule has 0 unspecified atom stereocenters. The Kier molecular flexibility index (Phi) is 3.74. The van der Waals surface area contributed by atoms with E-state index in [-0.39, 0.29) is 0 Å². The standard InChI is InChI=1S/C11H19N3/c1-5-14(6-2)11-8-7-10(12-4)9(3)13-11/h7-8,12H,5-6H2,1-4H3. The number of nitrogens with one attached hydrogen (secondary N) is 1. The van der Waals surface area contributed by atoms with E-state index in [1.54, 1.807) is 0 Å². The third-order valence-corrected chi connectivity index (χ3v) is 2.43. The van der Waals surface area contributed by atoms with Gasteiger partial charge in [-0.1, -0.05) is 0 Å². The maximum Gasteiger partial charge on any atom is 0.128 e. The van der Waals surface area contributed by atoms with Gasteiger partial charge in [-0.2, -0.15) is 0 Å². The highest BCUT2D eigenvalue weighted by Crippen LogP contribution is 2.17. The Hall–Kier alpha value is -1.25. The lowest BCUT2D eigenvalue weighted by Gasteiger charge is -2.20. The largest absolute Gasteiger partial charge is 0.387 e. The molecule has 3 nitrogen and oxygen atoms in total. The maximum atomic E-state index is 4.55. The highest BCUT2D eigenvalue weighted by molar-refractivity contribution is 5.53. The highest BCUT2D eigenvalue weighted by atomic mass is 15.2. The van der Waals surface area contributed by atoms with Crippen molar-refractivity contribution in [1.29, 1.82) is 0 Å². The van der Waals surface area contributed by atoms with E-state index in [9.17, 15) is 0 Å². The molecule has 0 saturated heterocycles. The van der Waals surface area contributed by atoms with Crippen LogP contribution in [0.15, 0.2) is 12.1 Å². The number of aromatic nitrogens is 1. The van der Waals surface area contributed by atoms with Gasteiger partial charge in [-0.3, -0.25) is 0 Å². The molecule has 1 rings (SSSR count). The lowest BCUT2D eigenvalue weighted by atomic mass is 10.3. The van der Waals surface area contributed by atoms with Crippen molar-refractivity contribution < 1.29 is 0 Å². The molecule has 3 heteroatoms. The number of nitrogens with zero attached hydrogens (tertiary/aromatic N) is 2. The van der Waals surface area contributed by atoms with Crippen LogP contribution in [-0.2, 0) is 0 Å². The average Bonchev–Trinajstić information content (AvgIpc) is 2.20. The fourth-order valence-electron chi connectivity index (χ4n) is 1.54. The molecule has 0 spiro atoms. The van der Waals surface area contributed by atoms with Crippen molar-refractivity contribution >= 4 is 11.5 Å². The van der Waals surface area contributed by atoms with Gasteiger partial charge in [0.2, 0.25) is 0 Å². The molecular weight excluding hydrogens is 174 g/mol. The van der Waals surface area contributed by atoms with Crippen molar-refractivity contribution in [3.05, 3.63) is 17.8 Å². The van der Waals surface area contributed by atoms with Gasteiger partial charge in [0, 0.05) is 20.1 Å². The summed E-state index contributed by atoms with van der Waals surface area (Å²) < 4.78 is 0. The molecule has 0 saturated carbocycles. The summed E-state index contributed by atoms with van der Waals surface area (Å²) in [6.07, 6.45) is 0. The SMILES string of the molecule is CCN(CC)c1ccc(NC)c(C)n1. The first-order chi connectivity index (χ1) is 6.72. The van der Waals surface area contributed by atoms with Gasteiger partial charge in [0.05, 0.1) is 11.4 Å². The van der Waals surface area contributed by atoms with E-state index in [4.69, 9.17) is 0 Å². The molecule has 0 aliphatic carbocycles. The molecule has 0 radical (unpaired) electrons. The summed E-state index contributed by atoms with van der Waals surface area (Å²) in [5.41, 5.74) is 2.15. The normalized spacial score (nSPS) is 10.0. The van der Waals surface area contributed by atoms with Crippen molar-refractivity contribution in [2.75, 3.05) is 30.4 Å². The molecule has 1 N–H and O–H groups in total. The van der Waals surface area contributed by atoms with Crippen molar-refractivity contribution in [3.63, 3.8) is 0 Å². The zero-order chi connectivity index (χ0) is 10.6. The van der Waals surface area contributed by atoms with Gasteiger partial charge in [0.25, 0.3) is 0 Å². The summed E-state index contributed by atoms with van der Waals surface area (Å²) in [6.45, 7) is 8.32. The van der Waals surface area contributed by atoms with Gasteiger partial charge >= 0.3 is 0 Å². The molecule has 1 aromatic heterocycles. The third-order valence-electron chi connectivity index (χ3n) is 2.43. The Balaban J connectivity index is 2.95. The summed E-state index contributed by atoms with van der Waals surface area (Å²) in [6, 6.07) is 4.14. The summed E-state index contributed by atoms with van der Waals surface area (Å²) in [5, 5.41) is 3.12. The van der Waals surface area contributed by atoms with Gasteiger partial charge in [0.1, 0.15) is 5.82 Å². The molecular formula is C11H19N3. The van der Waals surface area contributed by atoms with Crippen LogP contribution in [0.4, 0.5) is 11.5 Å². The zero-order valence-corrected chi connectivity index (χ0v) is 9.46. The van der Waals surface area contributed by atoms with Gasteiger partial charge in [-0.15, -0.1) is 0 Å². The summed E-state index contributed by atoms with van der Waals surface area (Å²) >= 11 is 0. The van der Waals surface area contributed by atoms with Crippen LogP contribution in [0.3, 0.4) is 0 Å². The fourth-order valence-corrected chi connectivity index (χ4v) is 1.54. The van der Waals surface area contributed by atoms with Crippen molar-refractivity contribution in [3.8, 4) is 0 Å². The summed E-state index contributed by atoms with van der Waals surface area (Å²) in [5.74, 6) is 1.06. The number of anilines is 2. The van der Waals surface area contributed by atoms with Crippen LogP contribution in [0.25, 0.3) is 0 Å². The first-order valence-electron chi connectivity index (χ1n) is 5.13. The van der Waals surface area contributed by atoms with Crippen LogP contribution in [0.2, 0.25) is 0 Å². The van der Waals surface area contributed by atoms with Crippen LogP contribution in [0.1, 0.15) is 19.5 Å². The minimum absolute atomic E-state index is 1.00. The van der Waals surface area contributed by atoms with E-state index in [2.05, 4.69) is 41.2 Å². The third kappa shape index (κ3) is 2.16. The summed E-state index contributed by atoms with van der Waals surface area (Å²) in [4.78, 5) is 6.79. The minimum atomic E-state index is 1.00. The predicted octanol–water partition coefficient (Wildman–Crippen LogP) is 2.28. The Bertz CT molecular complexity index is 293. The second-order valence-electron chi connectivity index (χ2n) is 3.22. The second kappa shape index (κ2) is 4.84. The van der Waals surface area contributed by atoms with Crippen LogP contribution in [-0.4, -0.2) is 25.1 Å². The lowest BCUT2D eigenvalue weighted by molar-refractivity contribution is 0.842. The van der Waals surface area contributed by atoms with Crippen LogP contribution < -0.4 is 10.2 Å². The second-order valence-corrected chi connectivity index (χ2v) is 3.22. The molecule has 0 atom stereocenters. The Morgan fingerprint density at radius 3 is 2.36 bits per heavy atom. The van der Waals surface area contributed by atoms with Crippen LogP contribution in [0.5, 0.6) is 0 Å². The Morgan fingerprint density at radius 2 is 1.93 bits per heavy atom. The molecule has 0 aliphatic heterocycles. The molecule has 1 heterocycles. The summed E-state index contributed by atoms with van der Waals surface area (Å²) in [7, 11) is 1.92. The molecule has 0 amide bonds. The number of rotatable bonds is 4. The highest BCUT2D eigenvalue weighted by Gasteiger charge is 2.04. The fraction of sp³-hybridized carbons (Fsp3) is 0.545. The van der Waals surface area contributed by atoms with Gasteiger partial charge in [-0.25, -0.2) is 4.98 Å². The van der Waals surface area contributed by atoms with Crippen LogP contribution >= 0.6 is 0 Å². The Labute approximate surface area is 86.2 Å². The maximum absolute atomic E-state index is 4.55. The molecule has 0 aliphatic rings. The average molecular weight is 193 g/mol. The van der Waals surface area contributed by atoms with E-state index in [0.717, 1.165) is 30.3 Å². The quantitative estimate of drug-likeness (QED) is 0.795. The van der Waals surface area contributed by atoms with Gasteiger partial charge in [-0.05, 0) is 32.9 Å². The van der Waals surface area contributed by atoms with Crippen molar-refractivity contribution in [1.82, 2.24) is 4.98 Å². The number of pyridine rings is 1. The van der Waals surface area contributed by atoms with Crippen LogP contribution in [0, 0.1) is 6.92 Å². The molecule has 78 valence electrons. The van der Waals surface area contributed by atoms with Gasteiger partial charge < -0.3 is 10.2 Å². The topological polar surface area (TPSA) is 28.2 Å². The predicted molar refractivity (Wildman–Crippen MR) is 62.1 cm³/mol. The smallest absolute Gasteiger partial charge is 0.128 e. The molecule has 0 bridgehead atoms. The molecule has 0 aromatic carbocycles. The number of aryl methyl sites for hydroxylation is 1. The zero-order valence-electron chi connectivity index (χ0n) is 9.46. The first-order valence-corrected chi connectivity index (χ1v) is 5.13. The van der Waals surface area contributed by atoms with Crippen molar-refractivity contribution in [2.24, 2.45) is 0 Å². The first kappa shape index (κ1) is 10.8. The minimum Gasteiger partial charge on any atom is -0.387 e. The van der Waals surface area contributed by atoms with E-state index in [1.165, 1.54) is 0 Å². The van der Waals surface area contributed by atoms with Gasteiger partial charge in [0.15, 0.2) is 0 Å². The van der Waals surface area contributed by atoms with E-state index < -0.39 is 0 Å². The molecule has 1 aromatic rings. The Morgan fingerprint density at radius 1 is 1.29 bits per heavy atom. The lowest BCUT2D eigenvalue weighted by Crippen LogP contribution is -2.23. The molecule has 14 heavy (non-hydrogen) atoms. The monoisotopic (exact) mass is 193 g/mol. The van der Waals surface area contributed by atoms with E-state index in [1.807, 2.05) is 14.0 Å². The van der Waals surface area contributed by atoms with E-state index in [0.29, 0.717) is 0 Å². The number of hydrogen-bond acceptors (Lipinski definition) is 3.